The molecule has 3 rings (SSSR count). The molecule has 0 spiro atoms. The largest absolute Gasteiger partial charge is 0.309 e. The summed E-state index contributed by atoms with van der Waals surface area (Å²) in [4.78, 5) is 22.6. The van der Waals surface area contributed by atoms with Crippen LogP contribution >= 0.6 is 23.1 Å². The van der Waals surface area contributed by atoms with Crippen molar-refractivity contribution in [3.05, 3.63) is 20.8 Å². The van der Waals surface area contributed by atoms with Crippen molar-refractivity contribution in [2.24, 2.45) is 0 Å². The molecule has 2 heterocycles. The average Bonchev–Trinajstić information content (AvgIpc) is 2.99. The van der Waals surface area contributed by atoms with E-state index in [0.717, 1.165) is 53.4 Å². The fourth-order valence-electron chi connectivity index (χ4n) is 3.39. The molecule has 2 aromatic rings. The Labute approximate surface area is 163 Å². The van der Waals surface area contributed by atoms with Crippen LogP contribution in [-0.2, 0) is 19.4 Å². The maximum absolute atomic E-state index is 13.3. The van der Waals surface area contributed by atoms with Crippen molar-refractivity contribution in [2.75, 3.05) is 26.4 Å². The van der Waals surface area contributed by atoms with Gasteiger partial charge in [0.15, 0.2) is 5.16 Å². The first-order valence-electron chi connectivity index (χ1n) is 9.31. The van der Waals surface area contributed by atoms with E-state index in [4.69, 9.17) is 10.2 Å². The van der Waals surface area contributed by atoms with Gasteiger partial charge in [-0.15, -0.1) is 11.3 Å². The van der Waals surface area contributed by atoms with Crippen LogP contribution in [0, 0.1) is 11.3 Å². The van der Waals surface area contributed by atoms with Gasteiger partial charge in [-0.1, -0.05) is 11.8 Å². The fourth-order valence-corrected chi connectivity index (χ4v) is 5.65. The molecule has 0 atom stereocenters. The van der Waals surface area contributed by atoms with Crippen LogP contribution in [0.2, 0.25) is 0 Å². The fraction of sp³-hybridized carbons (Fsp3) is 0.632. The monoisotopic (exact) mass is 390 g/mol. The molecule has 5 nitrogen and oxygen atoms in total. The normalized spacial score (nSPS) is 13.9. The quantitative estimate of drug-likeness (QED) is 0.391. The van der Waals surface area contributed by atoms with E-state index in [0.29, 0.717) is 13.0 Å². The number of hydrogen-bond acceptors (Lipinski definition) is 6. The molecular weight excluding hydrogens is 364 g/mol. The molecular formula is C19H26N4OS2. The lowest BCUT2D eigenvalue weighted by Crippen LogP contribution is -2.26. The molecule has 140 valence electrons. The van der Waals surface area contributed by atoms with Crippen molar-refractivity contribution in [3.8, 4) is 6.07 Å². The molecule has 0 aromatic carbocycles. The SMILES string of the molecule is CN(C)CCCn1c(SCCCC#N)nc2sc3c(c2c1=O)CCCC3. The zero-order valence-corrected chi connectivity index (χ0v) is 17.2. The summed E-state index contributed by atoms with van der Waals surface area (Å²) >= 11 is 3.33. The van der Waals surface area contributed by atoms with Crippen LogP contribution in [0.4, 0.5) is 0 Å². The van der Waals surface area contributed by atoms with Crippen molar-refractivity contribution in [2.45, 2.75) is 56.6 Å². The van der Waals surface area contributed by atoms with Crippen molar-refractivity contribution in [3.63, 3.8) is 0 Å². The van der Waals surface area contributed by atoms with Gasteiger partial charge in [-0.05, 0) is 64.7 Å². The van der Waals surface area contributed by atoms with E-state index in [1.807, 2.05) is 4.57 Å². The van der Waals surface area contributed by atoms with Crippen LogP contribution in [0.15, 0.2) is 9.95 Å². The molecule has 0 fully saturated rings. The standard InChI is InChI=1S/C19H26N4OS2/c1-22(2)11-7-12-23-18(24)16-14-8-3-4-9-15(14)26-17(16)21-19(23)25-13-6-5-10-20/h3-9,11-13H2,1-2H3. The molecule has 2 aromatic heterocycles. The minimum absolute atomic E-state index is 0.135. The lowest BCUT2D eigenvalue weighted by Gasteiger charge is -2.15. The van der Waals surface area contributed by atoms with E-state index in [1.54, 1.807) is 23.1 Å². The summed E-state index contributed by atoms with van der Waals surface area (Å²) in [5.41, 5.74) is 1.40. The van der Waals surface area contributed by atoms with Gasteiger partial charge in [0, 0.05) is 23.6 Å². The Morgan fingerprint density at radius 2 is 2.12 bits per heavy atom. The van der Waals surface area contributed by atoms with Crippen LogP contribution in [0.3, 0.4) is 0 Å². The zero-order chi connectivity index (χ0) is 18.5. The second-order valence-electron chi connectivity index (χ2n) is 7.01. The predicted molar refractivity (Wildman–Crippen MR) is 109 cm³/mol. The number of aryl methyl sites for hydroxylation is 2. The van der Waals surface area contributed by atoms with Gasteiger partial charge in [-0.25, -0.2) is 4.98 Å². The maximum Gasteiger partial charge on any atom is 0.263 e. The number of rotatable bonds is 8. The summed E-state index contributed by atoms with van der Waals surface area (Å²) in [6.07, 6.45) is 6.79. The summed E-state index contributed by atoms with van der Waals surface area (Å²) in [6, 6.07) is 2.18. The highest BCUT2D eigenvalue weighted by Crippen LogP contribution is 2.34. The average molecular weight is 391 g/mol. The molecule has 0 saturated heterocycles. The summed E-state index contributed by atoms with van der Waals surface area (Å²) in [5, 5.41) is 10.4. The third-order valence-corrected chi connectivity index (χ3v) is 6.94. The second-order valence-corrected chi connectivity index (χ2v) is 9.15. The Balaban J connectivity index is 1.96. The molecule has 0 aliphatic heterocycles. The summed E-state index contributed by atoms with van der Waals surface area (Å²) in [5.74, 6) is 0.824. The van der Waals surface area contributed by atoms with Crippen LogP contribution in [0.1, 0.15) is 42.5 Å². The Hall–Kier alpha value is -1.36. The van der Waals surface area contributed by atoms with Crippen molar-refractivity contribution in [1.29, 1.82) is 5.26 Å². The second kappa shape index (κ2) is 9.03. The zero-order valence-electron chi connectivity index (χ0n) is 15.6. The summed E-state index contributed by atoms with van der Waals surface area (Å²) < 4.78 is 1.88. The first kappa shape index (κ1) is 19.4. The van der Waals surface area contributed by atoms with Gasteiger partial charge in [0.25, 0.3) is 5.56 Å². The number of aromatic nitrogens is 2. The first-order chi connectivity index (χ1) is 12.6. The Bertz CT molecular complexity index is 863. The van der Waals surface area contributed by atoms with Gasteiger partial charge in [-0.2, -0.15) is 5.26 Å². The van der Waals surface area contributed by atoms with Crippen molar-refractivity contribution < 1.29 is 0 Å². The Morgan fingerprint density at radius 1 is 1.31 bits per heavy atom. The topological polar surface area (TPSA) is 61.9 Å². The van der Waals surface area contributed by atoms with Crippen LogP contribution < -0.4 is 5.56 Å². The van der Waals surface area contributed by atoms with E-state index < -0.39 is 0 Å². The van der Waals surface area contributed by atoms with Crippen molar-refractivity contribution >= 4 is 33.3 Å². The van der Waals surface area contributed by atoms with Gasteiger partial charge in [0.1, 0.15) is 4.83 Å². The lowest BCUT2D eigenvalue weighted by molar-refractivity contribution is 0.379. The maximum atomic E-state index is 13.3. The number of nitriles is 1. The molecule has 0 unspecified atom stereocenters. The third-order valence-electron chi connectivity index (χ3n) is 4.69. The highest BCUT2D eigenvalue weighted by atomic mass is 32.2. The molecule has 26 heavy (non-hydrogen) atoms. The van der Waals surface area contributed by atoms with Crippen LogP contribution in [-0.4, -0.2) is 40.8 Å². The highest BCUT2D eigenvalue weighted by Gasteiger charge is 2.22. The number of nitrogens with zero attached hydrogens (tertiary/aromatic N) is 4. The van der Waals surface area contributed by atoms with E-state index >= 15 is 0 Å². The minimum Gasteiger partial charge on any atom is -0.309 e. The number of thiophene rings is 1. The van der Waals surface area contributed by atoms with Crippen molar-refractivity contribution in [1.82, 2.24) is 14.5 Å². The minimum atomic E-state index is 0.135. The van der Waals surface area contributed by atoms with Crippen LogP contribution in [0.25, 0.3) is 10.2 Å². The van der Waals surface area contributed by atoms with Gasteiger partial charge >= 0.3 is 0 Å². The van der Waals surface area contributed by atoms with Gasteiger partial charge < -0.3 is 4.90 Å². The molecule has 0 amide bonds. The number of fused-ring (bicyclic) bond motifs is 3. The van der Waals surface area contributed by atoms with Gasteiger partial charge in [0.05, 0.1) is 11.5 Å². The summed E-state index contributed by atoms with van der Waals surface area (Å²) in [7, 11) is 4.11. The number of hydrogen-bond donors (Lipinski definition) is 0. The molecule has 0 saturated carbocycles. The van der Waals surface area contributed by atoms with Gasteiger partial charge in [0.2, 0.25) is 0 Å². The molecule has 0 radical (unpaired) electrons. The van der Waals surface area contributed by atoms with Crippen LogP contribution in [0.5, 0.6) is 0 Å². The highest BCUT2D eigenvalue weighted by molar-refractivity contribution is 7.99. The summed E-state index contributed by atoms with van der Waals surface area (Å²) in [6.45, 7) is 1.65. The number of unbranched alkanes of at least 4 members (excludes halogenated alkanes) is 1. The Kier molecular flexibility index (Phi) is 6.74. The van der Waals surface area contributed by atoms with E-state index in [-0.39, 0.29) is 5.56 Å². The predicted octanol–water partition coefficient (Wildman–Crippen LogP) is 3.68. The molecule has 7 heteroatoms. The third kappa shape index (κ3) is 4.30. The molecule has 1 aliphatic carbocycles. The molecule has 0 bridgehead atoms. The van der Waals surface area contributed by atoms with E-state index in [9.17, 15) is 4.79 Å². The van der Waals surface area contributed by atoms with E-state index in [2.05, 4.69) is 25.1 Å². The Morgan fingerprint density at radius 3 is 2.88 bits per heavy atom. The van der Waals surface area contributed by atoms with E-state index in [1.165, 1.54) is 23.3 Å². The number of thioether (sulfide) groups is 1. The lowest BCUT2D eigenvalue weighted by atomic mass is 9.97. The first-order valence-corrected chi connectivity index (χ1v) is 11.1. The molecule has 1 aliphatic rings. The smallest absolute Gasteiger partial charge is 0.263 e. The molecule has 0 N–H and O–H groups in total. The van der Waals surface area contributed by atoms with Gasteiger partial charge in [-0.3, -0.25) is 9.36 Å².